The highest BCUT2D eigenvalue weighted by Gasteiger charge is 2.23. The van der Waals surface area contributed by atoms with Gasteiger partial charge in [0.2, 0.25) is 0 Å². The Labute approximate surface area is 173 Å². The quantitative estimate of drug-likeness (QED) is 0.396. The molecule has 8 nitrogen and oxygen atoms in total. The maximum absolute atomic E-state index is 10.9. The molecule has 1 atom stereocenters. The number of carbonyl (C=O) groups excluding carboxylic acids is 1. The Morgan fingerprint density at radius 3 is 2.72 bits per heavy atom. The lowest BCUT2D eigenvalue weighted by Crippen LogP contribution is -2.52. The molecule has 0 saturated carbocycles. The van der Waals surface area contributed by atoms with Crippen LogP contribution in [0.5, 0.6) is 5.75 Å². The van der Waals surface area contributed by atoms with Crippen molar-refractivity contribution in [1.29, 1.82) is 0 Å². The third kappa shape index (κ3) is 8.29. The minimum atomic E-state index is -0.493. The van der Waals surface area contributed by atoms with E-state index in [1.54, 1.807) is 6.07 Å². The zero-order chi connectivity index (χ0) is 21.1. The average Bonchev–Trinajstić information content (AvgIpc) is 2.71. The van der Waals surface area contributed by atoms with Crippen molar-refractivity contribution in [3.8, 4) is 5.75 Å². The van der Waals surface area contributed by atoms with Crippen molar-refractivity contribution in [1.82, 2.24) is 15.5 Å². The van der Waals surface area contributed by atoms with E-state index in [2.05, 4.69) is 36.3 Å². The fraction of sp³-hybridized carbons (Fsp3) is 0.619. The van der Waals surface area contributed by atoms with E-state index in [1.807, 2.05) is 18.2 Å². The fourth-order valence-corrected chi connectivity index (χ4v) is 3.30. The van der Waals surface area contributed by atoms with Gasteiger partial charge in [0.15, 0.2) is 12.6 Å². The van der Waals surface area contributed by atoms with E-state index in [4.69, 9.17) is 20.2 Å². The Kier molecular flexibility index (Phi) is 9.73. The van der Waals surface area contributed by atoms with Crippen molar-refractivity contribution < 1.29 is 14.3 Å². The van der Waals surface area contributed by atoms with E-state index >= 15 is 0 Å². The van der Waals surface area contributed by atoms with Gasteiger partial charge < -0.3 is 25.8 Å². The monoisotopic (exact) mass is 405 g/mol. The zero-order valence-corrected chi connectivity index (χ0v) is 17.8. The Morgan fingerprint density at radius 2 is 2.07 bits per heavy atom. The molecule has 29 heavy (non-hydrogen) atoms. The predicted octanol–water partition coefficient (Wildman–Crippen LogP) is 0.963. The van der Waals surface area contributed by atoms with E-state index in [9.17, 15) is 4.79 Å². The summed E-state index contributed by atoms with van der Waals surface area (Å²) in [7, 11) is 0. The summed E-state index contributed by atoms with van der Waals surface area (Å²) in [5.41, 5.74) is 6.13. The number of nitrogens with two attached hydrogens (primary N) is 1. The highest BCUT2D eigenvalue weighted by atomic mass is 16.5. The summed E-state index contributed by atoms with van der Waals surface area (Å²) >= 11 is 0. The second kappa shape index (κ2) is 12.3. The normalized spacial score (nSPS) is 16.5. The van der Waals surface area contributed by atoms with Crippen LogP contribution in [0.4, 0.5) is 0 Å². The minimum absolute atomic E-state index is 0.130. The summed E-state index contributed by atoms with van der Waals surface area (Å²) in [4.78, 5) is 18.1. The molecule has 8 heteroatoms. The number of nitrogens with one attached hydrogen (secondary N) is 2. The molecular formula is C21H35N5O3. The topological polar surface area (TPSA) is 101 Å². The van der Waals surface area contributed by atoms with E-state index in [0.717, 1.165) is 50.9 Å². The van der Waals surface area contributed by atoms with Crippen molar-refractivity contribution in [3.05, 3.63) is 29.8 Å². The number of hydrogen-bond donors (Lipinski definition) is 3. The number of nitrogens with zero attached hydrogens (tertiary/aromatic N) is 2. The van der Waals surface area contributed by atoms with Gasteiger partial charge in [0.05, 0.1) is 19.8 Å². The number of benzene rings is 1. The Hall–Kier alpha value is -2.32. The SMILES string of the molecule is CCNC(=NCc1cccc(OCC(N)=O)c1)NCC(C(C)C)N1CCOCC1. The van der Waals surface area contributed by atoms with Crippen LogP contribution in [-0.2, 0) is 16.1 Å². The molecule has 1 aromatic carbocycles. The molecule has 162 valence electrons. The number of amides is 1. The highest BCUT2D eigenvalue weighted by molar-refractivity contribution is 5.79. The number of carbonyl (C=O) groups is 1. The number of morpholine rings is 1. The molecule has 1 aliphatic rings. The number of primary amides is 1. The summed E-state index contributed by atoms with van der Waals surface area (Å²) in [5, 5.41) is 6.80. The molecule has 1 fully saturated rings. The van der Waals surface area contributed by atoms with Crippen LogP contribution in [-0.4, -0.2) is 68.8 Å². The molecule has 1 aliphatic heterocycles. The number of guanidine groups is 1. The van der Waals surface area contributed by atoms with Gasteiger partial charge >= 0.3 is 0 Å². The van der Waals surface area contributed by atoms with Crippen LogP contribution in [0.2, 0.25) is 0 Å². The van der Waals surface area contributed by atoms with Crippen LogP contribution in [0.25, 0.3) is 0 Å². The molecule has 1 saturated heterocycles. The van der Waals surface area contributed by atoms with Gasteiger partial charge in [-0.05, 0) is 30.5 Å². The zero-order valence-electron chi connectivity index (χ0n) is 17.8. The van der Waals surface area contributed by atoms with Gasteiger partial charge in [0.25, 0.3) is 5.91 Å². The second-order valence-corrected chi connectivity index (χ2v) is 7.44. The molecule has 1 amide bonds. The Morgan fingerprint density at radius 1 is 1.31 bits per heavy atom. The highest BCUT2D eigenvalue weighted by Crippen LogP contribution is 2.14. The lowest BCUT2D eigenvalue weighted by molar-refractivity contribution is -0.119. The van der Waals surface area contributed by atoms with Gasteiger partial charge in [-0.15, -0.1) is 0 Å². The van der Waals surface area contributed by atoms with Crippen molar-refractivity contribution in [2.24, 2.45) is 16.6 Å². The number of hydrogen-bond acceptors (Lipinski definition) is 5. The fourth-order valence-electron chi connectivity index (χ4n) is 3.30. The maximum atomic E-state index is 10.9. The van der Waals surface area contributed by atoms with Gasteiger partial charge in [-0.25, -0.2) is 4.99 Å². The maximum Gasteiger partial charge on any atom is 0.255 e. The molecule has 0 bridgehead atoms. The largest absolute Gasteiger partial charge is 0.484 e. The van der Waals surface area contributed by atoms with Crippen molar-refractivity contribution in [3.63, 3.8) is 0 Å². The first kappa shape index (κ1) is 23.0. The molecule has 1 heterocycles. The van der Waals surface area contributed by atoms with Crippen molar-refractivity contribution in [2.45, 2.75) is 33.4 Å². The van der Waals surface area contributed by atoms with Crippen LogP contribution < -0.4 is 21.1 Å². The molecule has 1 unspecified atom stereocenters. The van der Waals surface area contributed by atoms with Gasteiger partial charge in [0.1, 0.15) is 5.75 Å². The Bertz CT molecular complexity index is 659. The van der Waals surface area contributed by atoms with Gasteiger partial charge in [-0.3, -0.25) is 9.69 Å². The first-order valence-electron chi connectivity index (χ1n) is 10.3. The molecule has 0 radical (unpaired) electrons. The average molecular weight is 406 g/mol. The lowest BCUT2D eigenvalue weighted by Gasteiger charge is -2.37. The van der Waals surface area contributed by atoms with Crippen LogP contribution in [0.15, 0.2) is 29.3 Å². The van der Waals surface area contributed by atoms with Gasteiger partial charge in [-0.1, -0.05) is 26.0 Å². The first-order valence-corrected chi connectivity index (χ1v) is 10.3. The second-order valence-electron chi connectivity index (χ2n) is 7.44. The molecule has 0 aromatic heterocycles. The standard InChI is InChI=1S/C21H35N5O3/c1-4-23-21(25-14-19(16(2)3)26-8-10-28-11-9-26)24-13-17-6-5-7-18(12-17)29-15-20(22)27/h5-7,12,16,19H,4,8-11,13-15H2,1-3H3,(H2,22,27)(H2,23,24,25). The summed E-state index contributed by atoms with van der Waals surface area (Å²) < 4.78 is 10.9. The van der Waals surface area contributed by atoms with Crippen LogP contribution in [0.3, 0.4) is 0 Å². The molecule has 1 aromatic rings. The smallest absolute Gasteiger partial charge is 0.255 e. The van der Waals surface area contributed by atoms with E-state index in [0.29, 0.717) is 24.3 Å². The lowest BCUT2D eigenvalue weighted by atomic mass is 10.0. The van der Waals surface area contributed by atoms with Crippen LogP contribution in [0.1, 0.15) is 26.3 Å². The van der Waals surface area contributed by atoms with Crippen molar-refractivity contribution >= 4 is 11.9 Å². The van der Waals surface area contributed by atoms with Crippen molar-refractivity contribution in [2.75, 3.05) is 46.0 Å². The minimum Gasteiger partial charge on any atom is -0.484 e. The first-order chi connectivity index (χ1) is 14.0. The summed E-state index contributed by atoms with van der Waals surface area (Å²) in [5.74, 6) is 1.44. The molecule has 2 rings (SSSR count). The van der Waals surface area contributed by atoms with Gasteiger partial charge in [0, 0.05) is 32.2 Å². The summed E-state index contributed by atoms with van der Waals surface area (Å²) in [6.45, 7) is 12.1. The van der Waals surface area contributed by atoms with E-state index in [-0.39, 0.29) is 6.61 Å². The number of ether oxygens (including phenoxy) is 2. The van der Waals surface area contributed by atoms with E-state index < -0.39 is 5.91 Å². The molecule has 0 spiro atoms. The van der Waals surface area contributed by atoms with E-state index in [1.165, 1.54) is 0 Å². The number of rotatable bonds is 10. The predicted molar refractivity (Wildman–Crippen MR) is 115 cm³/mol. The van der Waals surface area contributed by atoms with Crippen LogP contribution in [0, 0.1) is 5.92 Å². The third-order valence-corrected chi connectivity index (χ3v) is 4.81. The Balaban J connectivity index is 1.96. The summed E-state index contributed by atoms with van der Waals surface area (Å²) in [6.07, 6.45) is 0. The van der Waals surface area contributed by atoms with Crippen LogP contribution >= 0.6 is 0 Å². The molecular weight excluding hydrogens is 370 g/mol. The third-order valence-electron chi connectivity index (χ3n) is 4.81. The number of aliphatic imine (C=N–C) groups is 1. The molecule has 4 N–H and O–H groups in total. The summed E-state index contributed by atoms with van der Waals surface area (Å²) in [6, 6.07) is 7.97. The molecule has 0 aliphatic carbocycles. The van der Waals surface area contributed by atoms with Gasteiger partial charge in [-0.2, -0.15) is 0 Å².